The second-order valence-corrected chi connectivity index (χ2v) is 6.19. The van der Waals surface area contributed by atoms with Gasteiger partial charge >= 0.3 is 0 Å². The molecule has 2 aromatic rings. The van der Waals surface area contributed by atoms with E-state index in [1.54, 1.807) is 11.7 Å². The molecule has 25 heavy (non-hydrogen) atoms. The summed E-state index contributed by atoms with van der Waals surface area (Å²) >= 11 is 0. The molecule has 1 atom stereocenters. The Labute approximate surface area is 146 Å². The van der Waals surface area contributed by atoms with Crippen LogP contribution in [0.5, 0.6) is 5.75 Å². The van der Waals surface area contributed by atoms with E-state index in [9.17, 15) is 9.59 Å². The number of ether oxygens (including phenoxy) is 1. The summed E-state index contributed by atoms with van der Waals surface area (Å²) in [4.78, 5) is 24.1. The maximum Gasteiger partial charge on any atom is 0.230 e. The third-order valence-corrected chi connectivity index (χ3v) is 4.18. The molecule has 0 saturated carbocycles. The smallest absolute Gasteiger partial charge is 0.230 e. The average molecular weight is 342 g/mol. The van der Waals surface area contributed by atoms with Crippen molar-refractivity contribution in [3.63, 3.8) is 0 Å². The number of nitrogens with zero attached hydrogens (tertiary/aromatic N) is 2. The number of carbonyl (C=O) groups excluding carboxylic acids is 2. The van der Waals surface area contributed by atoms with Gasteiger partial charge in [-0.05, 0) is 30.5 Å². The predicted molar refractivity (Wildman–Crippen MR) is 94.8 cm³/mol. The minimum atomic E-state index is -0.144. The van der Waals surface area contributed by atoms with Crippen LogP contribution in [0, 0.1) is 0 Å². The topological polar surface area (TPSA) is 85.2 Å². The SMILES string of the molecule is CCOc1ccc(CC(=O)Nc2nn(C)c3c2[C@@H](C)CC(=O)N3)cc1. The van der Waals surface area contributed by atoms with E-state index in [4.69, 9.17) is 4.74 Å². The van der Waals surface area contributed by atoms with Crippen LogP contribution in [0.2, 0.25) is 0 Å². The maximum absolute atomic E-state index is 12.4. The van der Waals surface area contributed by atoms with Crippen molar-refractivity contribution in [2.45, 2.75) is 32.6 Å². The number of fused-ring (bicyclic) bond motifs is 1. The molecule has 0 fully saturated rings. The summed E-state index contributed by atoms with van der Waals surface area (Å²) in [7, 11) is 1.75. The zero-order chi connectivity index (χ0) is 18.0. The highest BCUT2D eigenvalue weighted by atomic mass is 16.5. The van der Waals surface area contributed by atoms with Gasteiger partial charge in [-0.3, -0.25) is 14.3 Å². The van der Waals surface area contributed by atoms with Crippen molar-refractivity contribution in [2.24, 2.45) is 7.05 Å². The van der Waals surface area contributed by atoms with Gasteiger partial charge in [-0.15, -0.1) is 0 Å². The normalized spacial score (nSPS) is 16.1. The van der Waals surface area contributed by atoms with Gasteiger partial charge in [-0.25, -0.2) is 0 Å². The number of amides is 2. The van der Waals surface area contributed by atoms with Crippen LogP contribution in [-0.2, 0) is 23.1 Å². The molecule has 2 amide bonds. The zero-order valence-electron chi connectivity index (χ0n) is 14.6. The van der Waals surface area contributed by atoms with Crippen molar-refractivity contribution in [1.29, 1.82) is 0 Å². The molecule has 0 spiro atoms. The second-order valence-electron chi connectivity index (χ2n) is 6.19. The summed E-state index contributed by atoms with van der Waals surface area (Å²) in [5, 5.41) is 10.0. The van der Waals surface area contributed by atoms with Gasteiger partial charge in [0.1, 0.15) is 11.6 Å². The molecule has 2 heterocycles. The molecule has 0 unspecified atom stereocenters. The molecule has 7 nitrogen and oxygen atoms in total. The lowest BCUT2D eigenvalue weighted by molar-refractivity contribution is -0.117. The number of aromatic nitrogens is 2. The van der Waals surface area contributed by atoms with Crippen molar-refractivity contribution in [1.82, 2.24) is 9.78 Å². The second kappa shape index (κ2) is 6.96. The van der Waals surface area contributed by atoms with Crippen molar-refractivity contribution < 1.29 is 14.3 Å². The molecule has 0 saturated heterocycles. The van der Waals surface area contributed by atoms with E-state index >= 15 is 0 Å². The lowest BCUT2D eigenvalue weighted by atomic mass is 9.95. The fourth-order valence-electron chi connectivity index (χ4n) is 3.04. The molecule has 1 aromatic carbocycles. The molecule has 0 aliphatic carbocycles. The third-order valence-electron chi connectivity index (χ3n) is 4.18. The number of carbonyl (C=O) groups is 2. The monoisotopic (exact) mass is 342 g/mol. The van der Waals surface area contributed by atoms with Crippen LogP contribution < -0.4 is 15.4 Å². The number of nitrogens with one attached hydrogen (secondary N) is 2. The maximum atomic E-state index is 12.4. The summed E-state index contributed by atoms with van der Waals surface area (Å²) in [6.07, 6.45) is 0.638. The minimum absolute atomic E-state index is 0.0122. The highest BCUT2D eigenvalue weighted by Crippen LogP contribution is 2.36. The van der Waals surface area contributed by atoms with Gasteiger partial charge in [0.25, 0.3) is 0 Å². The molecule has 7 heteroatoms. The Kier molecular flexibility index (Phi) is 4.74. The summed E-state index contributed by atoms with van der Waals surface area (Å²) in [5.74, 6) is 1.79. The first-order chi connectivity index (χ1) is 12.0. The highest BCUT2D eigenvalue weighted by molar-refractivity contribution is 5.98. The van der Waals surface area contributed by atoms with Crippen LogP contribution in [0.3, 0.4) is 0 Å². The number of rotatable bonds is 5. The van der Waals surface area contributed by atoms with Gasteiger partial charge in [0, 0.05) is 19.0 Å². The first-order valence-corrected chi connectivity index (χ1v) is 8.36. The molecular weight excluding hydrogens is 320 g/mol. The first kappa shape index (κ1) is 17.0. The van der Waals surface area contributed by atoms with Gasteiger partial charge < -0.3 is 15.4 Å². The van der Waals surface area contributed by atoms with Crippen molar-refractivity contribution in [2.75, 3.05) is 17.2 Å². The number of benzene rings is 1. The van der Waals surface area contributed by atoms with Gasteiger partial charge in [-0.2, -0.15) is 5.10 Å². The lowest BCUT2D eigenvalue weighted by Gasteiger charge is -2.20. The van der Waals surface area contributed by atoms with E-state index in [-0.39, 0.29) is 24.2 Å². The van der Waals surface area contributed by atoms with E-state index in [0.717, 1.165) is 16.9 Å². The van der Waals surface area contributed by atoms with E-state index < -0.39 is 0 Å². The van der Waals surface area contributed by atoms with E-state index in [2.05, 4.69) is 15.7 Å². The minimum Gasteiger partial charge on any atom is -0.494 e. The van der Waals surface area contributed by atoms with Crippen LogP contribution >= 0.6 is 0 Å². The average Bonchev–Trinajstić information content (AvgIpc) is 2.85. The number of anilines is 2. The Hall–Kier alpha value is -2.83. The molecule has 3 rings (SSSR count). The molecule has 0 bridgehead atoms. The number of aryl methyl sites for hydroxylation is 1. The summed E-state index contributed by atoms with van der Waals surface area (Å²) < 4.78 is 6.99. The van der Waals surface area contributed by atoms with E-state index in [1.807, 2.05) is 38.1 Å². The van der Waals surface area contributed by atoms with Crippen LogP contribution in [-0.4, -0.2) is 28.2 Å². The van der Waals surface area contributed by atoms with Gasteiger partial charge in [0.2, 0.25) is 11.8 Å². The van der Waals surface area contributed by atoms with Crippen molar-refractivity contribution >= 4 is 23.5 Å². The fourth-order valence-corrected chi connectivity index (χ4v) is 3.04. The number of hydrogen-bond donors (Lipinski definition) is 2. The molecular formula is C18H22N4O3. The molecule has 132 valence electrons. The van der Waals surface area contributed by atoms with Crippen molar-refractivity contribution in [3.05, 3.63) is 35.4 Å². The largest absolute Gasteiger partial charge is 0.494 e. The third kappa shape index (κ3) is 3.65. The van der Waals surface area contributed by atoms with Crippen LogP contribution in [0.1, 0.15) is 37.3 Å². The van der Waals surface area contributed by atoms with E-state index in [0.29, 0.717) is 24.7 Å². The predicted octanol–water partition coefficient (Wildman–Crippen LogP) is 2.45. The van der Waals surface area contributed by atoms with Gasteiger partial charge in [-0.1, -0.05) is 19.1 Å². The molecule has 1 aromatic heterocycles. The Balaban J connectivity index is 1.71. The summed E-state index contributed by atoms with van der Waals surface area (Å²) in [6.45, 7) is 4.50. The van der Waals surface area contributed by atoms with Crippen LogP contribution in [0.4, 0.5) is 11.6 Å². The van der Waals surface area contributed by atoms with Crippen LogP contribution in [0.15, 0.2) is 24.3 Å². The summed E-state index contributed by atoms with van der Waals surface area (Å²) in [5.41, 5.74) is 1.77. The lowest BCUT2D eigenvalue weighted by Crippen LogP contribution is -2.23. The quantitative estimate of drug-likeness (QED) is 0.874. The van der Waals surface area contributed by atoms with Crippen molar-refractivity contribution in [3.8, 4) is 5.75 Å². The Morgan fingerprint density at radius 3 is 2.80 bits per heavy atom. The van der Waals surface area contributed by atoms with Gasteiger partial charge in [0.15, 0.2) is 5.82 Å². The Morgan fingerprint density at radius 2 is 2.12 bits per heavy atom. The Morgan fingerprint density at radius 1 is 1.40 bits per heavy atom. The van der Waals surface area contributed by atoms with E-state index in [1.165, 1.54) is 0 Å². The van der Waals surface area contributed by atoms with Crippen LogP contribution in [0.25, 0.3) is 0 Å². The zero-order valence-corrected chi connectivity index (χ0v) is 14.6. The molecule has 0 radical (unpaired) electrons. The first-order valence-electron chi connectivity index (χ1n) is 8.36. The standard InChI is InChI=1S/C18H22N4O3/c1-4-25-13-7-5-12(6-8-13)10-15(24)19-17-16-11(2)9-14(23)20-18(16)22(3)21-17/h5-8,11H,4,9-10H2,1-3H3,(H,20,23)(H,19,21,24)/t11-/m0/s1. The fraction of sp³-hybridized carbons (Fsp3) is 0.389. The molecule has 1 aliphatic rings. The summed E-state index contributed by atoms with van der Waals surface area (Å²) in [6, 6.07) is 7.46. The molecule has 1 aliphatic heterocycles. The van der Waals surface area contributed by atoms with Gasteiger partial charge in [0.05, 0.1) is 13.0 Å². The number of hydrogen-bond acceptors (Lipinski definition) is 4. The Bertz CT molecular complexity index is 795. The molecule has 2 N–H and O–H groups in total. The highest BCUT2D eigenvalue weighted by Gasteiger charge is 2.29.